The van der Waals surface area contributed by atoms with Crippen molar-refractivity contribution in [3.8, 4) is 17.7 Å². The van der Waals surface area contributed by atoms with E-state index in [1.807, 2.05) is 0 Å². The van der Waals surface area contributed by atoms with Gasteiger partial charge in [-0.25, -0.2) is 13.8 Å². The third-order valence-electron chi connectivity index (χ3n) is 1.95. The summed E-state index contributed by atoms with van der Waals surface area (Å²) >= 11 is 0. The maximum absolute atomic E-state index is 12.7. The second-order valence-electron chi connectivity index (χ2n) is 3.21. The molecule has 0 N–H and O–H groups in total. The van der Waals surface area contributed by atoms with E-state index in [4.69, 9.17) is 5.26 Å². The summed E-state index contributed by atoms with van der Waals surface area (Å²) < 4.78 is 69.6. The fourth-order valence-corrected chi connectivity index (χ4v) is 1.34. The van der Waals surface area contributed by atoms with Crippen LogP contribution >= 0.6 is 0 Å². The Balaban J connectivity index is 3.33. The summed E-state index contributed by atoms with van der Waals surface area (Å²) in [6.45, 7) is 0. The van der Waals surface area contributed by atoms with Gasteiger partial charge in [0.05, 0.1) is 25.2 Å². The summed E-state index contributed by atoms with van der Waals surface area (Å²) in [5, 5.41) is 8.50. The van der Waals surface area contributed by atoms with Gasteiger partial charge in [-0.15, -0.1) is 13.2 Å². The number of hydrogen-bond donors (Lipinski definition) is 0. The van der Waals surface area contributed by atoms with E-state index in [0.29, 0.717) is 6.07 Å². The Hall–Kier alpha value is -2.11. The summed E-state index contributed by atoms with van der Waals surface area (Å²) in [6.07, 6.45) is -8.64. The van der Waals surface area contributed by atoms with Crippen molar-refractivity contribution < 1.29 is 31.4 Å². The fraction of sp³-hybridized carbons (Fsp3) is 0.400. The van der Waals surface area contributed by atoms with E-state index in [2.05, 4.69) is 14.5 Å². The lowest BCUT2D eigenvalue weighted by molar-refractivity contribution is -0.276. The van der Waals surface area contributed by atoms with Crippen LogP contribution in [0.4, 0.5) is 22.0 Å². The molecule has 0 aliphatic carbocycles. The molecular formula is C10H7F5N2O2. The van der Waals surface area contributed by atoms with Gasteiger partial charge in [-0.2, -0.15) is 5.26 Å². The zero-order valence-corrected chi connectivity index (χ0v) is 9.46. The molecule has 104 valence electrons. The first-order chi connectivity index (χ1) is 8.78. The van der Waals surface area contributed by atoms with Crippen molar-refractivity contribution in [1.82, 2.24) is 4.98 Å². The zero-order chi connectivity index (χ0) is 14.6. The third kappa shape index (κ3) is 3.94. The number of nitriles is 1. The lowest BCUT2D eigenvalue weighted by Gasteiger charge is -2.14. The molecule has 0 amide bonds. The van der Waals surface area contributed by atoms with Crippen LogP contribution in [0.25, 0.3) is 0 Å². The molecule has 19 heavy (non-hydrogen) atoms. The number of alkyl halides is 5. The van der Waals surface area contributed by atoms with E-state index >= 15 is 0 Å². The lowest BCUT2D eigenvalue weighted by atomic mass is 10.1. The predicted molar refractivity (Wildman–Crippen MR) is 51.7 cm³/mol. The van der Waals surface area contributed by atoms with Crippen molar-refractivity contribution in [3.63, 3.8) is 0 Å². The number of nitrogens with zero attached hydrogens (tertiary/aromatic N) is 2. The summed E-state index contributed by atoms with van der Waals surface area (Å²) in [5.41, 5.74) is -1.16. The lowest BCUT2D eigenvalue weighted by Crippen LogP contribution is -2.18. The predicted octanol–water partition coefficient (Wildman–Crippen LogP) is 2.99. The third-order valence-corrected chi connectivity index (χ3v) is 1.95. The molecule has 0 radical (unpaired) electrons. The van der Waals surface area contributed by atoms with E-state index in [1.165, 1.54) is 0 Å². The van der Waals surface area contributed by atoms with Gasteiger partial charge in [-0.1, -0.05) is 0 Å². The molecule has 1 rings (SSSR count). The highest BCUT2D eigenvalue weighted by Gasteiger charge is 2.33. The average molecular weight is 282 g/mol. The molecule has 0 saturated carbocycles. The molecule has 0 unspecified atom stereocenters. The Kier molecular flexibility index (Phi) is 4.47. The van der Waals surface area contributed by atoms with Crippen molar-refractivity contribution in [2.75, 3.05) is 7.11 Å². The zero-order valence-electron chi connectivity index (χ0n) is 9.46. The van der Waals surface area contributed by atoms with E-state index in [1.54, 1.807) is 6.07 Å². The molecule has 1 aromatic rings. The van der Waals surface area contributed by atoms with Crippen LogP contribution in [0, 0.1) is 11.3 Å². The van der Waals surface area contributed by atoms with Crippen LogP contribution < -0.4 is 9.47 Å². The SMILES string of the molecule is COc1c(C(F)F)cc(OC(F)(F)F)nc1CC#N. The first-order valence-corrected chi connectivity index (χ1v) is 4.77. The highest BCUT2D eigenvalue weighted by Crippen LogP contribution is 2.35. The van der Waals surface area contributed by atoms with Crippen LogP contribution in [0.1, 0.15) is 17.7 Å². The van der Waals surface area contributed by atoms with Crippen LogP contribution in [0.5, 0.6) is 11.6 Å². The fourth-order valence-electron chi connectivity index (χ4n) is 1.34. The minimum Gasteiger partial charge on any atom is -0.494 e. The Labute approximate surface area is 104 Å². The van der Waals surface area contributed by atoms with Crippen molar-refractivity contribution in [2.24, 2.45) is 0 Å². The molecule has 0 aliphatic rings. The standard InChI is InChI=1S/C10H7F5N2O2/c1-18-8-5(9(11)12)4-7(19-10(13,14)15)17-6(8)2-3-16/h4,9H,2H2,1H3. The summed E-state index contributed by atoms with van der Waals surface area (Å²) in [6, 6.07) is 2.02. The minimum absolute atomic E-state index is 0.345. The summed E-state index contributed by atoms with van der Waals surface area (Å²) in [5.74, 6) is -1.49. The van der Waals surface area contributed by atoms with Gasteiger partial charge in [0.1, 0.15) is 5.69 Å². The van der Waals surface area contributed by atoms with Gasteiger partial charge in [-0.3, -0.25) is 0 Å². The van der Waals surface area contributed by atoms with Crippen LogP contribution in [-0.2, 0) is 6.42 Å². The van der Waals surface area contributed by atoms with Gasteiger partial charge in [0.15, 0.2) is 5.75 Å². The molecule has 0 spiro atoms. The number of ether oxygens (including phenoxy) is 2. The molecule has 4 nitrogen and oxygen atoms in total. The van der Waals surface area contributed by atoms with E-state index in [-0.39, 0.29) is 5.69 Å². The Bertz CT molecular complexity index is 496. The number of hydrogen-bond acceptors (Lipinski definition) is 4. The number of halogens is 5. The minimum atomic E-state index is -5.06. The van der Waals surface area contributed by atoms with E-state index in [9.17, 15) is 22.0 Å². The number of aromatic nitrogens is 1. The van der Waals surface area contributed by atoms with Gasteiger partial charge in [0, 0.05) is 6.07 Å². The molecule has 0 fully saturated rings. The van der Waals surface area contributed by atoms with Crippen molar-refractivity contribution >= 4 is 0 Å². The highest BCUT2D eigenvalue weighted by atomic mass is 19.4. The molecule has 1 heterocycles. The molecule has 1 aromatic heterocycles. The quantitative estimate of drug-likeness (QED) is 0.797. The first kappa shape index (κ1) is 14.9. The molecule has 0 bridgehead atoms. The van der Waals surface area contributed by atoms with Crippen LogP contribution in [0.3, 0.4) is 0 Å². The smallest absolute Gasteiger partial charge is 0.494 e. The maximum atomic E-state index is 12.7. The van der Waals surface area contributed by atoms with Crippen molar-refractivity contribution in [1.29, 1.82) is 5.26 Å². The Morgan fingerprint density at radius 3 is 2.47 bits per heavy atom. The summed E-state index contributed by atoms with van der Waals surface area (Å²) in [4.78, 5) is 3.34. The van der Waals surface area contributed by atoms with Crippen LogP contribution in [-0.4, -0.2) is 18.5 Å². The Morgan fingerprint density at radius 1 is 1.42 bits per heavy atom. The molecule has 0 atom stereocenters. The summed E-state index contributed by atoms with van der Waals surface area (Å²) in [7, 11) is 1.05. The van der Waals surface area contributed by atoms with E-state index < -0.39 is 36.4 Å². The van der Waals surface area contributed by atoms with Gasteiger partial charge < -0.3 is 9.47 Å². The number of rotatable bonds is 4. The van der Waals surface area contributed by atoms with E-state index in [0.717, 1.165) is 7.11 Å². The van der Waals surface area contributed by atoms with Gasteiger partial charge in [0.25, 0.3) is 6.43 Å². The molecule has 9 heteroatoms. The molecule has 0 aromatic carbocycles. The maximum Gasteiger partial charge on any atom is 0.574 e. The molecule has 0 saturated heterocycles. The van der Waals surface area contributed by atoms with Crippen LogP contribution in [0.2, 0.25) is 0 Å². The topological polar surface area (TPSA) is 55.1 Å². The van der Waals surface area contributed by atoms with Crippen LogP contribution in [0.15, 0.2) is 6.07 Å². The van der Waals surface area contributed by atoms with Crippen molar-refractivity contribution in [3.05, 3.63) is 17.3 Å². The molecule has 0 aliphatic heterocycles. The Morgan fingerprint density at radius 2 is 2.05 bits per heavy atom. The van der Waals surface area contributed by atoms with Gasteiger partial charge >= 0.3 is 6.36 Å². The monoisotopic (exact) mass is 282 g/mol. The second kappa shape index (κ2) is 5.69. The van der Waals surface area contributed by atoms with Gasteiger partial charge in [-0.05, 0) is 0 Å². The number of methoxy groups -OCH3 is 1. The first-order valence-electron chi connectivity index (χ1n) is 4.77. The van der Waals surface area contributed by atoms with Gasteiger partial charge in [0.2, 0.25) is 5.88 Å². The largest absolute Gasteiger partial charge is 0.574 e. The second-order valence-corrected chi connectivity index (χ2v) is 3.21. The highest BCUT2D eigenvalue weighted by molar-refractivity contribution is 5.42. The van der Waals surface area contributed by atoms with Crippen molar-refractivity contribution in [2.45, 2.75) is 19.2 Å². The number of pyridine rings is 1. The molecular weight excluding hydrogens is 275 g/mol. The normalized spacial score (nSPS) is 11.3. The average Bonchev–Trinajstić information content (AvgIpc) is 2.26.